The Labute approximate surface area is 148 Å². The van der Waals surface area contributed by atoms with Gasteiger partial charge in [0.15, 0.2) is 11.6 Å². The average molecular weight is 354 g/mol. The number of urea groups is 1. The molecule has 1 spiro atoms. The summed E-state index contributed by atoms with van der Waals surface area (Å²) < 4.78 is 18.5. The van der Waals surface area contributed by atoms with E-state index in [9.17, 15) is 18.8 Å². The summed E-state index contributed by atoms with van der Waals surface area (Å²) in [5.74, 6) is -2.32. The maximum Gasteiger partial charge on any atom is 0.331 e. The third kappa shape index (κ3) is 2.44. The van der Waals surface area contributed by atoms with E-state index >= 15 is 0 Å². The topological polar surface area (TPSA) is 75.7 Å². The summed E-state index contributed by atoms with van der Waals surface area (Å²) in [7, 11) is 0. The van der Waals surface area contributed by atoms with Gasteiger partial charge in [0.1, 0.15) is 12.1 Å². The lowest BCUT2D eigenvalue weighted by Gasteiger charge is -2.22. The van der Waals surface area contributed by atoms with Crippen LogP contribution in [-0.2, 0) is 21.5 Å². The number of hydrogen-bond acceptors (Lipinski definition) is 4. The number of rotatable bonds is 3. The summed E-state index contributed by atoms with van der Waals surface area (Å²) in [6.45, 7) is -0.580. The maximum atomic E-state index is 13.6. The molecule has 1 fully saturated rings. The molecule has 2 aromatic carbocycles. The number of nitrogens with zero attached hydrogens (tertiary/aromatic N) is 1. The van der Waals surface area contributed by atoms with Crippen molar-refractivity contribution in [2.75, 3.05) is 6.54 Å². The molecule has 0 radical (unpaired) electrons. The van der Waals surface area contributed by atoms with Crippen molar-refractivity contribution in [2.45, 2.75) is 18.4 Å². The molecule has 0 aromatic heterocycles. The number of carbonyl (C=O) groups excluding carboxylic acids is 3. The van der Waals surface area contributed by atoms with Crippen LogP contribution in [0.3, 0.4) is 0 Å². The Morgan fingerprint density at radius 3 is 2.69 bits per heavy atom. The number of imide groups is 1. The van der Waals surface area contributed by atoms with Gasteiger partial charge in [0.2, 0.25) is 0 Å². The second kappa shape index (κ2) is 5.94. The van der Waals surface area contributed by atoms with Gasteiger partial charge in [-0.1, -0.05) is 36.4 Å². The van der Waals surface area contributed by atoms with E-state index in [1.165, 1.54) is 18.2 Å². The fourth-order valence-corrected chi connectivity index (χ4v) is 3.54. The first-order valence-electron chi connectivity index (χ1n) is 8.19. The number of hydrogen-bond donors (Lipinski definition) is 1. The Kier molecular flexibility index (Phi) is 3.72. The fourth-order valence-electron chi connectivity index (χ4n) is 3.54. The number of para-hydroxylation sites is 1. The minimum atomic E-state index is -1.13. The predicted octanol–water partition coefficient (Wildman–Crippen LogP) is 2.12. The van der Waals surface area contributed by atoms with Crippen LogP contribution in [0.5, 0.6) is 5.75 Å². The summed E-state index contributed by atoms with van der Waals surface area (Å²) in [6, 6.07) is 12.2. The normalized spacial score (nSPS) is 21.0. The van der Waals surface area contributed by atoms with Crippen LogP contribution in [0.25, 0.3) is 0 Å². The van der Waals surface area contributed by atoms with E-state index in [2.05, 4.69) is 5.32 Å². The Bertz CT molecular complexity index is 929. The predicted molar refractivity (Wildman–Crippen MR) is 88.7 cm³/mol. The molecule has 1 unspecified atom stereocenters. The van der Waals surface area contributed by atoms with Crippen LogP contribution in [0.1, 0.15) is 17.5 Å². The summed E-state index contributed by atoms with van der Waals surface area (Å²) in [5.41, 5.74) is 0.617. The number of ether oxygens (including phenoxy) is 1. The van der Waals surface area contributed by atoms with Crippen LogP contribution >= 0.6 is 0 Å². The molecule has 2 aliphatic rings. The van der Waals surface area contributed by atoms with Crippen LogP contribution in [0.15, 0.2) is 48.5 Å². The van der Waals surface area contributed by atoms with Crippen molar-refractivity contribution < 1.29 is 23.5 Å². The zero-order valence-electron chi connectivity index (χ0n) is 13.7. The SMILES string of the molecule is O=C(CN1C(=O)NC2(CCc3ccccc32)C1=O)Oc1ccccc1F. The van der Waals surface area contributed by atoms with Crippen molar-refractivity contribution >= 4 is 17.9 Å². The van der Waals surface area contributed by atoms with Crippen molar-refractivity contribution in [1.82, 2.24) is 10.2 Å². The second-order valence-corrected chi connectivity index (χ2v) is 6.29. The summed E-state index contributed by atoms with van der Waals surface area (Å²) in [4.78, 5) is 38.2. The number of esters is 1. The summed E-state index contributed by atoms with van der Waals surface area (Å²) in [5, 5.41) is 2.72. The van der Waals surface area contributed by atoms with E-state index in [0.717, 1.165) is 22.1 Å². The van der Waals surface area contributed by atoms with Gasteiger partial charge in [-0.15, -0.1) is 0 Å². The van der Waals surface area contributed by atoms with Crippen LogP contribution < -0.4 is 10.1 Å². The van der Waals surface area contributed by atoms with Crippen molar-refractivity contribution in [3.8, 4) is 5.75 Å². The monoisotopic (exact) mass is 354 g/mol. The van der Waals surface area contributed by atoms with E-state index in [0.29, 0.717) is 12.8 Å². The molecule has 1 aliphatic heterocycles. The first-order valence-corrected chi connectivity index (χ1v) is 8.19. The highest BCUT2D eigenvalue weighted by atomic mass is 19.1. The third-order valence-electron chi connectivity index (χ3n) is 4.77. The lowest BCUT2D eigenvalue weighted by Crippen LogP contribution is -2.42. The zero-order valence-corrected chi connectivity index (χ0v) is 13.7. The molecule has 3 amide bonds. The molecule has 0 bridgehead atoms. The lowest BCUT2D eigenvalue weighted by atomic mass is 9.92. The van der Waals surface area contributed by atoms with E-state index in [-0.39, 0.29) is 5.75 Å². The van der Waals surface area contributed by atoms with E-state index in [1.807, 2.05) is 18.2 Å². The number of fused-ring (bicyclic) bond motifs is 2. The highest BCUT2D eigenvalue weighted by Crippen LogP contribution is 2.41. The van der Waals surface area contributed by atoms with Crippen molar-refractivity contribution in [3.05, 3.63) is 65.5 Å². The van der Waals surface area contributed by atoms with Crippen molar-refractivity contribution in [3.63, 3.8) is 0 Å². The van der Waals surface area contributed by atoms with E-state index in [1.54, 1.807) is 6.07 Å². The molecule has 1 N–H and O–H groups in total. The minimum absolute atomic E-state index is 0.245. The molecule has 4 rings (SSSR count). The minimum Gasteiger partial charge on any atom is -0.422 e. The average Bonchev–Trinajstić information content (AvgIpc) is 3.11. The fraction of sp³-hybridized carbons (Fsp3) is 0.211. The zero-order chi connectivity index (χ0) is 18.3. The molecule has 1 atom stereocenters. The number of aryl methyl sites for hydroxylation is 1. The van der Waals surface area contributed by atoms with Crippen LogP contribution in [0.4, 0.5) is 9.18 Å². The summed E-state index contributed by atoms with van der Waals surface area (Å²) >= 11 is 0. The van der Waals surface area contributed by atoms with Crippen LogP contribution in [0.2, 0.25) is 0 Å². The van der Waals surface area contributed by atoms with Crippen LogP contribution in [0, 0.1) is 5.82 Å². The highest BCUT2D eigenvalue weighted by Gasteiger charge is 2.55. The Morgan fingerprint density at radius 2 is 1.88 bits per heavy atom. The van der Waals surface area contributed by atoms with E-state index in [4.69, 9.17) is 4.74 Å². The molecule has 1 saturated heterocycles. The smallest absolute Gasteiger partial charge is 0.331 e. The van der Waals surface area contributed by atoms with Gasteiger partial charge in [-0.2, -0.15) is 0 Å². The van der Waals surface area contributed by atoms with E-state index < -0.39 is 35.8 Å². The molecule has 7 heteroatoms. The van der Waals surface area contributed by atoms with Gasteiger partial charge in [0.25, 0.3) is 5.91 Å². The van der Waals surface area contributed by atoms with Gasteiger partial charge in [-0.05, 0) is 36.1 Å². The molecule has 2 aromatic rings. The molecule has 0 saturated carbocycles. The second-order valence-electron chi connectivity index (χ2n) is 6.29. The standard InChI is InChI=1S/C19H15FN2O4/c20-14-7-3-4-8-15(14)26-16(23)11-22-17(24)19(21-18(22)25)10-9-12-5-1-2-6-13(12)19/h1-8H,9-11H2,(H,21,25). The van der Waals surface area contributed by atoms with Gasteiger partial charge in [0.05, 0.1) is 0 Å². The van der Waals surface area contributed by atoms with Gasteiger partial charge in [-0.25, -0.2) is 14.0 Å². The molecule has 1 aliphatic carbocycles. The van der Waals surface area contributed by atoms with Crippen molar-refractivity contribution in [2.24, 2.45) is 0 Å². The molecular formula is C19H15FN2O4. The first kappa shape index (κ1) is 16.3. The largest absolute Gasteiger partial charge is 0.422 e. The Hall–Kier alpha value is -3.22. The number of halogens is 1. The Balaban J connectivity index is 1.54. The third-order valence-corrected chi connectivity index (χ3v) is 4.77. The van der Waals surface area contributed by atoms with Crippen LogP contribution in [-0.4, -0.2) is 29.4 Å². The van der Waals surface area contributed by atoms with Gasteiger partial charge in [-0.3, -0.25) is 9.69 Å². The number of carbonyl (C=O) groups is 3. The summed E-state index contributed by atoms with van der Waals surface area (Å²) in [6.07, 6.45) is 1.10. The van der Waals surface area contributed by atoms with Crippen molar-refractivity contribution in [1.29, 1.82) is 0 Å². The highest BCUT2D eigenvalue weighted by molar-refractivity contribution is 6.09. The van der Waals surface area contributed by atoms with Gasteiger partial charge in [0, 0.05) is 0 Å². The molecular weight excluding hydrogens is 339 g/mol. The maximum absolute atomic E-state index is 13.6. The number of nitrogens with one attached hydrogen (secondary N) is 1. The first-order chi connectivity index (χ1) is 12.5. The number of amides is 3. The molecule has 132 valence electrons. The molecule has 6 nitrogen and oxygen atoms in total. The molecule has 1 heterocycles. The van der Waals surface area contributed by atoms with Gasteiger partial charge >= 0.3 is 12.0 Å². The molecule has 26 heavy (non-hydrogen) atoms. The lowest BCUT2D eigenvalue weighted by molar-refractivity contribution is -0.141. The van der Waals surface area contributed by atoms with Gasteiger partial charge < -0.3 is 10.1 Å². The quantitative estimate of drug-likeness (QED) is 0.520. The number of benzene rings is 2. The Morgan fingerprint density at radius 1 is 1.15 bits per heavy atom.